The van der Waals surface area contributed by atoms with Gasteiger partial charge in [-0.3, -0.25) is 4.79 Å². The first-order valence-electron chi connectivity index (χ1n) is 7.00. The van der Waals surface area contributed by atoms with Crippen LogP contribution in [-0.2, 0) is 14.3 Å². The minimum atomic E-state index is -0.821. The first-order valence-corrected chi connectivity index (χ1v) is 7.00. The molecule has 0 aromatic rings. The number of ketones is 1. The molecule has 1 aliphatic rings. The number of carbonyl (C=O) groups excluding carboxylic acids is 2. The molecule has 0 bridgehead atoms. The van der Waals surface area contributed by atoms with Gasteiger partial charge in [-0.1, -0.05) is 0 Å². The van der Waals surface area contributed by atoms with Crippen LogP contribution in [0.3, 0.4) is 0 Å². The minimum Gasteiger partial charge on any atom is -0.444 e. The van der Waals surface area contributed by atoms with Gasteiger partial charge in [-0.15, -0.1) is 0 Å². The van der Waals surface area contributed by atoms with Gasteiger partial charge in [0.15, 0.2) is 5.78 Å². The molecule has 0 aliphatic carbocycles. The molecule has 0 radical (unpaired) electrons. The Morgan fingerprint density at radius 1 is 1.30 bits per heavy atom. The average molecular weight is 285 g/mol. The van der Waals surface area contributed by atoms with Gasteiger partial charge in [0.25, 0.3) is 0 Å². The van der Waals surface area contributed by atoms with Crippen molar-refractivity contribution in [3.8, 4) is 0 Å². The van der Waals surface area contributed by atoms with Crippen LogP contribution < -0.4 is 5.32 Å². The van der Waals surface area contributed by atoms with Gasteiger partial charge in [-0.25, -0.2) is 4.79 Å². The van der Waals surface area contributed by atoms with Crippen LogP contribution in [-0.4, -0.2) is 34.7 Å². The molecular weight excluding hydrogens is 258 g/mol. The normalized spacial score (nSPS) is 26.2. The van der Waals surface area contributed by atoms with E-state index < -0.39 is 28.8 Å². The van der Waals surface area contributed by atoms with E-state index in [1.165, 1.54) is 0 Å². The molecule has 5 nitrogen and oxygen atoms in total. The zero-order valence-corrected chi connectivity index (χ0v) is 13.8. The maximum atomic E-state index is 12.4. The van der Waals surface area contributed by atoms with Crippen molar-refractivity contribution in [2.45, 2.75) is 78.2 Å². The Hall–Kier alpha value is -1.10. The average Bonchev–Trinajstić information content (AvgIpc) is 2.26. The van der Waals surface area contributed by atoms with Gasteiger partial charge in [0, 0.05) is 6.04 Å². The highest BCUT2D eigenvalue weighted by atomic mass is 16.6. The van der Waals surface area contributed by atoms with Gasteiger partial charge in [-0.2, -0.15) is 0 Å². The third kappa shape index (κ3) is 3.72. The van der Waals surface area contributed by atoms with E-state index in [1.807, 2.05) is 13.8 Å². The van der Waals surface area contributed by atoms with Crippen LogP contribution in [0.5, 0.6) is 0 Å². The maximum absolute atomic E-state index is 12.4. The molecule has 0 saturated carbocycles. The van der Waals surface area contributed by atoms with Gasteiger partial charge >= 0.3 is 6.09 Å². The van der Waals surface area contributed by atoms with E-state index >= 15 is 0 Å². The molecule has 1 fully saturated rings. The summed E-state index contributed by atoms with van der Waals surface area (Å²) in [4.78, 5) is 24.3. The number of hydrogen-bond donors (Lipinski definition) is 1. The van der Waals surface area contributed by atoms with Crippen molar-refractivity contribution in [2.24, 2.45) is 5.92 Å². The van der Waals surface area contributed by atoms with E-state index in [9.17, 15) is 9.59 Å². The first kappa shape index (κ1) is 17.0. The lowest BCUT2D eigenvalue weighted by molar-refractivity contribution is -0.132. The van der Waals surface area contributed by atoms with Crippen LogP contribution in [0.1, 0.15) is 55.4 Å². The Balaban J connectivity index is 2.79. The number of ether oxygens (including phenoxy) is 2. The van der Waals surface area contributed by atoms with Crippen LogP contribution in [0.15, 0.2) is 0 Å². The lowest BCUT2D eigenvalue weighted by atomic mass is 9.81. The van der Waals surface area contributed by atoms with Crippen molar-refractivity contribution < 1.29 is 19.1 Å². The van der Waals surface area contributed by atoms with Crippen LogP contribution in [0.4, 0.5) is 4.79 Å². The zero-order chi connectivity index (χ0) is 15.9. The molecular formula is C15H27NO4. The third-order valence-corrected chi connectivity index (χ3v) is 3.39. The van der Waals surface area contributed by atoms with E-state index in [2.05, 4.69) is 5.32 Å². The fraction of sp³-hybridized carbons (Fsp3) is 0.867. The quantitative estimate of drug-likeness (QED) is 0.847. The monoisotopic (exact) mass is 285 g/mol. The van der Waals surface area contributed by atoms with Gasteiger partial charge in [0.05, 0.1) is 11.5 Å². The molecule has 2 unspecified atom stereocenters. The molecule has 1 N–H and O–H groups in total. The Kier molecular flexibility index (Phi) is 4.26. The molecule has 1 rings (SSSR count). The number of nitrogens with one attached hydrogen (secondary N) is 1. The second kappa shape index (κ2) is 5.02. The molecule has 1 heterocycles. The first-order chi connectivity index (χ1) is 8.76. The summed E-state index contributed by atoms with van der Waals surface area (Å²) in [6.45, 7) is 14.5. The molecule has 1 amide bonds. The van der Waals surface area contributed by atoms with E-state index in [0.29, 0.717) is 0 Å². The van der Waals surface area contributed by atoms with Gasteiger partial charge in [-0.05, 0) is 55.4 Å². The fourth-order valence-corrected chi connectivity index (χ4v) is 2.87. The molecule has 0 spiro atoms. The summed E-state index contributed by atoms with van der Waals surface area (Å²) in [7, 11) is 0. The van der Waals surface area contributed by atoms with Crippen molar-refractivity contribution in [2.75, 3.05) is 0 Å². The van der Waals surface area contributed by atoms with Gasteiger partial charge < -0.3 is 14.8 Å². The van der Waals surface area contributed by atoms with Crippen LogP contribution in [0.2, 0.25) is 0 Å². The van der Waals surface area contributed by atoms with Crippen molar-refractivity contribution in [1.29, 1.82) is 0 Å². The number of hydrogen-bond acceptors (Lipinski definition) is 4. The van der Waals surface area contributed by atoms with Gasteiger partial charge in [0.2, 0.25) is 0 Å². The SMILES string of the molecule is CC(NC(=O)OC(C)(C)C)C1C(=O)C(C)(C)OC1(C)C. The Morgan fingerprint density at radius 3 is 2.15 bits per heavy atom. The van der Waals surface area contributed by atoms with Gasteiger partial charge in [0.1, 0.15) is 11.2 Å². The maximum Gasteiger partial charge on any atom is 0.407 e. The van der Waals surface area contributed by atoms with E-state index in [0.717, 1.165) is 0 Å². The van der Waals surface area contributed by atoms with Crippen molar-refractivity contribution in [1.82, 2.24) is 5.32 Å². The van der Waals surface area contributed by atoms with Crippen molar-refractivity contribution in [3.63, 3.8) is 0 Å². The predicted molar refractivity (Wildman–Crippen MR) is 76.6 cm³/mol. The number of Topliss-reactive ketones (excluding diaryl/α,β-unsaturated/α-hetero) is 1. The molecule has 116 valence electrons. The second-order valence-electron chi connectivity index (χ2n) is 7.49. The smallest absolute Gasteiger partial charge is 0.407 e. The molecule has 0 aromatic carbocycles. The number of alkyl carbamates (subject to hydrolysis) is 1. The predicted octanol–water partition coefficient (Wildman–Crippen LogP) is 2.67. The van der Waals surface area contributed by atoms with Crippen LogP contribution >= 0.6 is 0 Å². The summed E-state index contributed by atoms with van der Waals surface area (Å²) >= 11 is 0. The summed E-state index contributed by atoms with van der Waals surface area (Å²) in [6, 6.07) is -0.353. The zero-order valence-electron chi connectivity index (χ0n) is 13.8. The Labute approximate surface area is 121 Å². The van der Waals surface area contributed by atoms with E-state index in [-0.39, 0.29) is 11.8 Å². The van der Waals surface area contributed by atoms with Crippen LogP contribution in [0, 0.1) is 5.92 Å². The standard InChI is InChI=1S/C15H27NO4/c1-9(16-12(18)19-13(2,3)4)10-11(17)15(7,8)20-14(10,5)6/h9-10H,1-8H3,(H,16,18). The van der Waals surface area contributed by atoms with Crippen molar-refractivity contribution in [3.05, 3.63) is 0 Å². The molecule has 0 aromatic heterocycles. The number of amides is 1. The lowest BCUT2D eigenvalue weighted by Crippen LogP contribution is -2.49. The number of rotatable bonds is 2. The van der Waals surface area contributed by atoms with Crippen molar-refractivity contribution >= 4 is 11.9 Å². The lowest BCUT2D eigenvalue weighted by Gasteiger charge is -2.30. The summed E-state index contributed by atoms with van der Waals surface area (Å²) in [5.41, 5.74) is -2.00. The highest BCUT2D eigenvalue weighted by molar-refractivity contribution is 5.92. The molecule has 1 saturated heterocycles. The number of carbonyl (C=O) groups is 2. The largest absolute Gasteiger partial charge is 0.444 e. The Morgan fingerprint density at radius 2 is 1.80 bits per heavy atom. The summed E-state index contributed by atoms with van der Waals surface area (Å²) in [5.74, 6) is -0.393. The van der Waals surface area contributed by atoms with Crippen LogP contribution in [0.25, 0.3) is 0 Å². The molecule has 5 heteroatoms. The molecule has 1 aliphatic heterocycles. The molecule has 20 heavy (non-hydrogen) atoms. The highest BCUT2D eigenvalue weighted by Gasteiger charge is 2.55. The fourth-order valence-electron chi connectivity index (χ4n) is 2.87. The Bertz CT molecular complexity index is 407. The summed E-state index contributed by atoms with van der Waals surface area (Å²) < 4.78 is 11.0. The minimum absolute atomic E-state index is 0.00561. The topological polar surface area (TPSA) is 64.6 Å². The molecule has 2 atom stereocenters. The van der Waals surface area contributed by atoms with E-state index in [1.54, 1.807) is 41.5 Å². The highest BCUT2D eigenvalue weighted by Crippen LogP contribution is 2.40. The second-order valence-corrected chi connectivity index (χ2v) is 7.49. The van der Waals surface area contributed by atoms with E-state index in [4.69, 9.17) is 9.47 Å². The third-order valence-electron chi connectivity index (χ3n) is 3.39. The summed E-state index contributed by atoms with van der Waals surface area (Å²) in [5, 5.41) is 2.74. The summed E-state index contributed by atoms with van der Waals surface area (Å²) in [6.07, 6.45) is -0.515.